The molecular formula is C11H10F3N5. The number of nitrogens with two attached hydrogens (primary N) is 1. The van der Waals surface area contributed by atoms with Crippen LogP contribution in [0.25, 0.3) is 0 Å². The second kappa shape index (κ2) is 5.11. The summed E-state index contributed by atoms with van der Waals surface area (Å²) < 4.78 is 39.8. The van der Waals surface area contributed by atoms with Gasteiger partial charge in [-0.2, -0.15) is 0 Å². The minimum atomic E-state index is -1.06. The van der Waals surface area contributed by atoms with Gasteiger partial charge in [0.15, 0.2) is 11.6 Å². The Morgan fingerprint density at radius 2 is 1.63 bits per heavy atom. The SMILES string of the molecule is Cc1c(NN)ncnc1Nc1c(F)cc(F)cc1F. The van der Waals surface area contributed by atoms with Gasteiger partial charge in [0.25, 0.3) is 0 Å². The highest BCUT2D eigenvalue weighted by molar-refractivity contribution is 5.64. The summed E-state index contributed by atoms with van der Waals surface area (Å²) in [6.45, 7) is 1.61. The summed E-state index contributed by atoms with van der Waals surface area (Å²) in [5, 5.41) is 2.45. The fraction of sp³-hybridized carbons (Fsp3) is 0.0909. The van der Waals surface area contributed by atoms with E-state index in [1.165, 1.54) is 6.33 Å². The molecule has 8 heteroatoms. The van der Waals surface area contributed by atoms with E-state index in [-0.39, 0.29) is 5.82 Å². The number of rotatable bonds is 3. The van der Waals surface area contributed by atoms with Crippen molar-refractivity contribution in [1.29, 1.82) is 0 Å². The lowest BCUT2D eigenvalue weighted by atomic mass is 10.2. The third-order valence-electron chi connectivity index (χ3n) is 2.47. The summed E-state index contributed by atoms with van der Waals surface area (Å²) in [6.07, 6.45) is 1.17. The predicted octanol–water partition coefficient (Wildman–Crippen LogP) is 2.23. The standard InChI is InChI=1S/C11H10F3N5/c1-5-10(16-4-17-11(5)19-15)18-9-7(13)2-6(12)3-8(9)14/h2-4H,15H2,1H3,(H2,16,17,18,19). The molecule has 0 saturated heterocycles. The van der Waals surface area contributed by atoms with E-state index in [4.69, 9.17) is 5.84 Å². The van der Waals surface area contributed by atoms with E-state index in [1.54, 1.807) is 6.92 Å². The monoisotopic (exact) mass is 269 g/mol. The number of hydrazine groups is 1. The molecule has 0 unspecified atom stereocenters. The Morgan fingerprint density at radius 3 is 2.21 bits per heavy atom. The fourth-order valence-electron chi connectivity index (χ4n) is 1.50. The second-order valence-electron chi connectivity index (χ2n) is 3.71. The maximum absolute atomic E-state index is 13.5. The molecule has 19 heavy (non-hydrogen) atoms. The summed E-state index contributed by atoms with van der Waals surface area (Å²) in [4.78, 5) is 7.67. The molecule has 0 fully saturated rings. The maximum atomic E-state index is 13.5. The lowest BCUT2D eigenvalue weighted by Crippen LogP contribution is -2.12. The Bertz CT molecular complexity index is 594. The lowest BCUT2D eigenvalue weighted by Gasteiger charge is -2.12. The number of halogens is 3. The molecule has 0 saturated carbocycles. The highest BCUT2D eigenvalue weighted by Gasteiger charge is 2.14. The number of nitrogen functional groups attached to an aromatic ring is 1. The normalized spacial score (nSPS) is 10.4. The molecule has 1 aromatic carbocycles. The first-order valence-electron chi connectivity index (χ1n) is 5.22. The summed E-state index contributed by atoms with van der Waals surface area (Å²) in [5.41, 5.74) is 2.29. The van der Waals surface area contributed by atoms with Crippen LogP contribution in [0.4, 0.5) is 30.5 Å². The molecule has 0 spiro atoms. The first-order chi connectivity index (χ1) is 9.02. The van der Waals surface area contributed by atoms with E-state index in [0.29, 0.717) is 23.5 Å². The van der Waals surface area contributed by atoms with Gasteiger partial charge in [-0.25, -0.2) is 29.0 Å². The zero-order chi connectivity index (χ0) is 14.0. The van der Waals surface area contributed by atoms with Crippen molar-refractivity contribution in [2.75, 3.05) is 10.7 Å². The van der Waals surface area contributed by atoms with Crippen LogP contribution in [0.3, 0.4) is 0 Å². The summed E-state index contributed by atoms with van der Waals surface area (Å²) >= 11 is 0. The second-order valence-corrected chi connectivity index (χ2v) is 3.71. The molecule has 0 radical (unpaired) electrons. The number of hydrogen-bond acceptors (Lipinski definition) is 5. The zero-order valence-corrected chi connectivity index (χ0v) is 9.84. The van der Waals surface area contributed by atoms with Crippen LogP contribution in [0.15, 0.2) is 18.5 Å². The van der Waals surface area contributed by atoms with Crippen molar-refractivity contribution in [3.63, 3.8) is 0 Å². The van der Waals surface area contributed by atoms with Crippen molar-refractivity contribution in [3.8, 4) is 0 Å². The minimum Gasteiger partial charge on any atom is -0.335 e. The number of benzene rings is 1. The molecule has 100 valence electrons. The van der Waals surface area contributed by atoms with Gasteiger partial charge in [0.1, 0.15) is 29.5 Å². The predicted molar refractivity (Wildman–Crippen MR) is 64.2 cm³/mol. The molecule has 0 aliphatic heterocycles. The topological polar surface area (TPSA) is 75.9 Å². The number of nitrogens with one attached hydrogen (secondary N) is 2. The Balaban J connectivity index is 2.42. The third-order valence-corrected chi connectivity index (χ3v) is 2.47. The van der Waals surface area contributed by atoms with Crippen molar-refractivity contribution in [2.24, 2.45) is 5.84 Å². The van der Waals surface area contributed by atoms with Gasteiger partial charge in [0.05, 0.1) is 0 Å². The van der Waals surface area contributed by atoms with E-state index >= 15 is 0 Å². The fourth-order valence-corrected chi connectivity index (χ4v) is 1.50. The summed E-state index contributed by atoms with van der Waals surface area (Å²) in [6, 6.07) is 1.15. The molecular weight excluding hydrogens is 259 g/mol. The number of aromatic nitrogens is 2. The average Bonchev–Trinajstić information content (AvgIpc) is 2.35. The molecule has 0 aliphatic rings. The van der Waals surface area contributed by atoms with Gasteiger partial charge in [0, 0.05) is 17.7 Å². The van der Waals surface area contributed by atoms with Gasteiger partial charge in [-0.15, -0.1) is 0 Å². The number of hydrogen-bond donors (Lipinski definition) is 3. The van der Waals surface area contributed by atoms with E-state index in [0.717, 1.165) is 0 Å². The Morgan fingerprint density at radius 1 is 1.05 bits per heavy atom. The molecule has 2 rings (SSSR count). The van der Waals surface area contributed by atoms with Crippen molar-refractivity contribution >= 4 is 17.3 Å². The van der Waals surface area contributed by atoms with E-state index in [9.17, 15) is 13.2 Å². The van der Waals surface area contributed by atoms with Crippen LogP contribution in [0.2, 0.25) is 0 Å². The number of anilines is 3. The van der Waals surface area contributed by atoms with Gasteiger partial charge in [0.2, 0.25) is 0 Å². The van der Waals surface area contributed by atoms with Crippen molar-refractivity contribution in [2.45, 2.75) is 6.92 Å². The van der Waals surface area contributed by atoms with E-state index < -0.39 is 23.1 Å². The van der Waals surface area contributed by atoms with Crippen LogP contribution < -0.4 is 16.6 Å². The molecule has 0 atom stereocenters. The van der Waals surface area contributed by atoms with Crippen LogP contribution in [0.1, 0.15) is 5.56 Å². The van der Waals surface area contributed by atoms with Crippen molar-refractivity contribution in [1.82, 2.24) is 9.97 Å². The first-order valence-corrected chi connectivity index (χ1v) is 5.22. The molecule has 1 aromatic heterocycles. The largest absolute Gasteiger partial charge is 0.335 e. The Hall–Kier alpha value is -2.35. The zero-order valence-electron chi connectivity index (χ0n) is 9.84. The van der Waals surface area contributed by atoms with Gasteiger partial charge in [-0.1, -0.05) is 0 Å². The molecule has 0 aliphatic carbocycles. The highest BCUT2D eigenvalue weighted by atomic mass is 19.1. The van der Waals surface area contributed by atoms with Gasteiger partial charge >= 0.3 is 0 Å². The molecule has 0 bridgehead atoms. The minimum absolute atomic E-state index is 0.160. The van der Waals surface area contributed by atoms with E-state index in [1.807, 2.05) is 0 Å². The Labute approximate surface area is 106 Å². The van der Waals surface area contributed by atoms with Crippen LogP contribution in [0, 0.1) is 24.4 Å². The molecule has 1 heterocycles. The van der Waals surface area contributed by atoms with Crippen molar-refractivity contribution < 1.29 is 13.2 Å². The lowest BCUT2D eigenvalue weighted by molar-refractivity contribution is 0.548. The molecule has 0 amide bonds. The van der Waals surface area contributed by atoms with Crippen LogP contribution in [-0.4, -0.2) is 9.97 Å². The molecule has 5 nitrogen and oxygen atoms in total. The van der Waals surface area contributed by atoms with Gasteiger partial charge in [-0.3, -0.25) is 0 Å². The third kappa shape index (κ3) is 2.58. The van der Waals surface area contributed by atoms with Gasteiger partial charge < -0.3 is 10.7 Å². The van der Waals surface area contributed by atoms with E-state index in [2.05, 4.69) is 20.7 Å². The maximum Gasteiger partial charge on any atom is 0.152 e. The van der Waals surface area contributed by atoms with Crippen molar-refractivity contribution in [3.05, 3.63) is 41.5 Å². The highest BCUT2D eigenvalue weighted by Crippen LogP contribution is 2.26. The van der Waals surface area contributed by atoms with Crippen LogP contribution in [-0.2, 0) is 0 Å². The smallest absolute Gasteiger partial charge is 0.152 e. The summed E-state index contributed by atoms with van der Waals surface area (Å²) in [7, 11) is 0. The quantitative estimate of drug-likeness (QED) is 0.588. The van der Waals surface area contributed by atoms with Crippen LogP contribution in [0.5, 0.6) is 0 Å². The first kappa shape index (κ1) is 13.1. The van der Waals surface area contributed by atoms with Crippen LogP contribution >= 0.6 is 0 Å². The van der Waals surface area contributed by atoms with Gasteiger partial charge in [-0.05, 0) is 6.92 Å². The Kier molecular flexibility index (Phi) is 3.52. The summed E-state index contributed by atoms with van der Waals surface area (Å²) in [5.74, 6) is 2.58. The average molecular weight is 269 g/mol. The molecule has 2 aromatic rings. The molecule has 4 N–H and O–H groups in total. The number of nitrogens with zero attached hydrogens (tertiary/aromatic N) is 2.